The van der Waals surface area contributed by atoms with E-state index in [4.69, 9.17) is 8.83 Å². The highest BCUT2D eigenvalue weighted by atomic mass is 32.1. The zero-order valence-corrected chi connectivity index (χ0v) is 11.8. The molecule has 0 amide bonds. The van der Waals surface area contributed by atoms with Crippen molar-refractivity contribution in [1.29, 1.82) is 0 Å². The number of hydrogen-bond acceptors (Lipinski definition) is 7. The number of esters is 1. The summed E-state index contributed by atoms with van der Waals surface area (Å²) in [5.74, 6) is -0.913. The van der Waals surface area contributed by atoms with Gasteiger partial charge in [-0.15, -0.1) is 16.4 Å². The number of aromatic nitrogens is 2. The number of carbonyl (C=O) groups excluding carboxylic acids is 1. The summed E-state index contributed by atoms with van der Waals surface area (Å²) in [6, 6.07) is 5.22. The first-order valence-corrected chi connectivity index (χ1v) is 6.83. The fourth-order valence-electron chi connectivity index (χ4n) is 1.80. The first kappa shape index (κ1) is 13.4. The normalized spacial score (nSPS) is 10.7. The van der Waals surface area contributed by atoms with Crippen molar-refractivity contribution >= 4 is 17.3 Å². The summed E-state index contributed by atoms with van der Waals surface area (Å²) in [6.45, 7) is 0.0641. The number of rotatable bonds is 4. The Labute approximate surface area is 122 Å². The van der Waals surface area contributed by atoms with Gasteiger partial charge in [0, 0.05) is 5.56 Å². The Morgan fingerprint density at radius 3 is 3.05 bits per heavy atom. The summed E-state index contributed by atoms with van der Waals surface area (Å²) in [6.07, 6.45) is 1.35. The smallest absolute Gasteiger partial charge is 0.437 e. The molecule has 7 nitrogen and oxygen atoms in total. The molecule has 0 aromatic carbocycles. The van der Waals surface area contributed by atoms with Crippen LogP contribution in [0.1, 0.15) is 16.1 Å². The summed E-state index contributed by atoms with van der Waals surface area (Å²) in [5, 5.41) is 5.97. The van der Waals surface area contributed by atoms with E-state index in [1.807, 2.05) is 11.4 Å². The third-order valence-electron chi connectivity index (χ3n) is 2.78. The molecule has 0 fully saturated rings. The molecule has 3 rings (SSSR count). The van der Waals surface area contributed by atoms with Crippen LogP contribution in [-0.4, -0.2) is 22.9 Å². The second-order valence-electron chi connectivity index (χ2n) is 4.07. The maximum Gasteiger partial charge on any atom is 0.437 e. The average molecular weight is 306 g/mol. The third kappa shape index (κ3) is 2.52. The van der Waals surface area contributed by atoms with Crippen LogP contribution < -0.4 is 5.76 Å². The van der Waals surface area contributed by atoms with Crippen molar-refractivity contribution in [3.8, 4) is 10.8 Å². The van der Waals surface area contributed by atoms with Crippen molar-refractivity contribution in [2.75, 3.05) is 7.11 Å². The van der Waals surface area contributed by atoms with E-state index in [0.717, 1.165) is 9.56 Å². The summed E-state index contributed by atoms with van der Waals surface area (Å²) < 4.78 is 15.9. The van der Waals surface area contributed by atoms with Crippen molar-refractivity contribution in [3.05, 3.63) is 51.7 Å². The molecule has 0 unspecified atom stereocenters. The van der Waals surface area contributed by atoms with Crippen molar-refractivity contribution in [2.45, 2.75) is 6.54 Å². The zero-order chi connectivity index (χ0) is 14.8. The Morgan fingerprint density at radius 2 is 2.33 bits per heavy atom. The minimum Gasteiger partial charge on any atom is -0.463 e. The van der Waals surface area contributed by atoms with Crippen LogP contribution in [0.5, 0.6) is 0 Å². The van der Waals surface area contributed by atoms with Crippen LogP contribution in [0, 0.1) is 0 Å². The van der Waals surface area contributed by atoms with Crippen LogP contribution in [0.3, 0.4) is 0 Å². The molecule has 3 aromatic heterocycles. The van der Waals surface area contributed by atoms with Gasteiger partial charge in [0.2, 0.25) is 5.76 Å². The molecule has 0 saturated heterocycles. The van der Waals surface area contributed by atoms with Gasteiger partial charge < -0.3 is 13.6 Å². The molecular formula is C13H10N2O5S. The van der Waals surface area contributed by atoms with Crippen molar-refractivity contribution in [2.24, 2.45) is 0 Å². The summed E-state index contributed by atoms with van der Waals surface area (Å²) in [5.41, 5.74) is 0.495. The molecule has 0 aliphatic carbocycles. The molecule has 8 heteroatoms. The van der Waals surface area contributed by atoms with Crippen molar-refractivity contribution < 1.29 is 18.4 Å². The monoisotopic (exact) mass is 306 g/mol. The molecule has 0 radical (unpaired) electrons. The maximum absolute atomic E-state index is 11.8. The molecule has 0 spiro atoms. The topological polar surface area (TPSA) is 87.5 Å². The van der Waals surface area contributed by atoms with Crippen molar-refractivity contribution in [1.82, 2.24) is 9.78 Å². The number of hydrogen-bond donors (Lipinski definition) is 0. The molecule has 3 heterocycles. The lowest BCUT2D eigenvalue weighted by atomic mass is 10.2. The van der Waals surface area contributed by atoms with Gasteiger partial charge in [-0.05, 0) is 17.5 Å². The molecule has 108 valence electrons. The highest BCUT2D eigenvalue weighted by Crippen LogP contribution is 2.21. The first-order valence-electron chi connectivity index (χ1n) is 5.95. The number of furan rings is 1. The predicted octanol–water partition coefficient (Wildman–Crippen LogP) is 1.99. The van der Waals surface area contributed by atoms with Gasteiger partial charge in [0.05, 0.1) is 24.8 Å². The Kier molecular flexibility index (Phi) is 3.44. The molecule has 0 saturated carbocycles. The molecule has 21 heavy (non-hydrogen) atoms. The second-order valence-corrected chi connectivity index (χ2v) is 5.02. The van der Waals surface area contributed by atoms with Gasteiger partial charge in [-0.2, -0.15) is 4.68 Å². The molecule has 0 aliphatic rings. The summed E-state index contributed by atoms with van der Waals surface area (Å²) in [4.78, 5) is 24.1. The standard InChI is InChI=1S/C13H10N2O5S/c1-18-12(16)10-8(4-5-19-10)7-15-13(17)20-11(14-15)9-3-2-6-21-9/h2-6H,7H2,1H3. The van der Waals surface area contributed by atoms with Crippen LogP contribution in [0.2, 0.25) is 0 Å². The highest BCUT2D eigenvalue weighted by molar-refractivity contribution is 7.13. The van der Waals surface area contributed by atoms with E-state index in [1.54, 1.807) is 12.1 Å². The fourth-order valence-corrected chi connectivity index (χ4v) is 2.44. The molecule has 3 aromatic rings. The van der Waals surface area contributed by atoms with E-state index in [-0.39, 0.29) is 18.2 Å². The number of carbonyl (C=O) groups is 1. The lowest BCUT2D eigenvalue weighted by molar-refractivity contribution is 0.0563. The Morgan fingerprint density at radius 1 is 1.48 bits per heavy atom. The molecular weight excluding hydrogens is 296 g/mol. The van der Waals surface area contributed by atoms with Crippen LogP contribution in [-0.2, 0) is 11.3 Å². The zero-order valence-electron chi connectivity index (χ0n) is 10.9. The van der Waals surface area contributed by atoms with E-state index < -0.39 is 11.7 Å². The predicted molar refractivity (Wildman–Crippen MR) is 73.2 cm³/mol. The Bertz CT molecular complexity index is 812. The van der Waals surface area contributed by atoms with Crippen molar-refractivity contribution in [3.63, 3.8) is 0 Å². The molecule has 0 atom stereocenters. The van der Waals surface area contributed by atoms with E-state index in [9.17, 15) is 9.59 Å². The minimum atomic E-state index is -0.606. The first-order chi connectivity index (χ1) is 10.2. The molecule has 0 N–H and O–H groups in total. The Balaban J connectivity index is 1.91. The molecule has 0 aliphatic heterocycles. The number of methoxy groups -OCH3 is 1. The van der Waals surface area contributed by atoms with Crippen LogP contribution in [0.4, 0.5) is 0 Å². The number of thiophene rings is 1. The largest absolute Gasteiger partial charge is 0.463 e. The fraction of sp³-hybridized carbons (Fsp3) is 0.154. The van der Waals surface area contributed by atoms with Gasteiger partial charge in [-0.25, -0.2) is 9.59 Å². The number of ether oxygens (including phenoxy) is 1. The quantitative estimate of drug-likeness (QED) is 0.685. The maximum atomic E-state index is 11.8. The Hall–Kier alpha value is -2.61. The summed E-state index contributed by atoms with van der Waals surface area (Å²) >= 11 is 1.42. The molecule has 0 bridgehead atoms. The average Bonchev–Trinajstić information content (AvgIpc) is 3.20. The van der Waals surface area contributed by atoms with E-state index in [2.05, 4.69) is 9.84 Å². The van der Waals surface area contributed by atoms with E-state index in [0.29, 0.717) is 5.56 Å². The van der Waals surface area contributed by atoms with E-state index in [1.165, 1.54) is 24.7 Å². The van der Waals surface area contributed by atoms with Gasteiger partial charge in [0.25, 0.3) is 5.89 Å². The number of nitrogens with zero attached hydrogens (tertiary/aromatic N) is 2. The van der Waals surface area contributed by atoms with Gasteiger partial charge >= 0.3 is 11.7 Å². The minimum absolute atomic E-state index is 0.0464. The lowest BCUT2D eigenvalue weighted by Crippen LogP contribution is -2.17. The van der Waals surface area contributed by atoms with Crippen LogP contribution >= 0.6 is 11.3 Å². The third-order valence-corrected chi connectivity index (χ3v) is 3.63. The highest BCUT2D eigenvalue weighted by Gasteiger charge is 2.18. The van der Waals surface area contributed by atoms with Crippen LogP contribution in [0.15, 0.2) is 43.5 Å². The van der Waals surface area contributed by atoms with Crippen LogP contribution in [0.25, 0.3) is 10.8 Å². The van der Waals surface area contributed by atoms with Gasteiger partial charge in [0.15, 0.2) is 0 Å². The van der Waals surface area contributed by atoms with Gasteiger partial charge in [-0.1, -0.05) is 6.07 Å². The summed E-state index contributed by atoms with van der Waals surface area (Å²) in [7, 11) is 1.26. The second kappa shape index (κ2) is 5.41. The SMILES string of the molecule is COC(=O)c1occc1Cn1nc(-c2cccs2)oc1=O. The van der Waals surface area contributed by atoms with Gasteiger partial charge in [0.1, 0.15) is 0 Å². The van der Waals surface area contributed by atoms with Gasteiger partial charge in [-0.3, -0.25) is 0 Å². The van der Waals surface area contributed by atoms with E-state index >= 15 is 0 Å². The lowest BCUT2D eigenvalue weighted by Gasteiger charge is -1.99.